The zero-order valence-electron chi connectivity index (χ0n) is 11.8. The van der Waals surface area contributed by atoms with E-state index in [2.05, 4.69) is 38.0 Å². The summed E-state index contributed by atoms with van der Waals surface area (Å²) < 4.78 is 0. The molecule has 1 rings (SSSR count). The Morgan fingerprint density at radius 3 is 2.29 bits per heavy atom. The SMILES string of the molecule is CCC(C)(C)N(C)CC(NC)(C(N)=O)C1CC1. The van der Waals surface area contributed by atoms with Gasteiger partial charge in [0.05, 0.1) is 0 Å². The minimum Gasteiger partial charge on any atom is -0.368 e. The molecule has 0 heterocycles. The summed E-state index contributed by atoms with van der Waals surface area (Å²) in [5.41, 5.74) is 5.16. The normalized spacial score (nSPS) is 20.4. The second-order valence-corrected chi connectivity index (χ2v) is 5.88. The third kappa shape index (κ3) is 2.80. The van der Waals surface area contributed by atoms with Gasteiger partial charge in [0, 0.05) is 12.1 Å². The topological polar surface area (TPSA) is 58.4 Å². The first-order valence-electron chi connectivity index (χ1n) is 6.50. The fourth-order valence-corrected chi connectivity index (χ4v) is 2.25. The third-order valence-electron chi connectivity index (χ3n) is 4.55. The van der Waals surface area contributed by atoms with Gasteiger partial charge < -0.3 is 11.1 Å². The Hall–Kier alpha value is -0.610. The van der Waals surface area contributed by atoms with Gasteiger partial charge in [-0.05, 0) is 53.1 Å². The molecule has 17 heavy (non-hydrogen) atoms. The van der Waals surface area contributed by atoms with Crippen LogP contribution >= 0.6 is 0 Å². The molecule has 4 nitrogen and oxygen atoms in total. The van der Waals surface area contributed by atoms with Crippen LogP contribution in [0.1, 0.15) is 40.0 Å². The van der Waals surface area contributed by atoms with E-state index in [9.17, 15) is 4.79 Å². The van der Waals surface area contributed by atoms with Gasteiger partial charge in [0.2, 0.25) is 5.91 Å². The Balaban J connectivity index is 2.83. The number of amides is 1. The maximum atomic E-state index is 11.8. The molecule has 1 fully saturated rings. The summed E-state index contributed by atoms with van der Waals surface area (Å²) in [6.07, 6.45) is 3.25. The lowest BCUT2D eigenvalue weighted by Gasteiger charge is -2.42. The van der Waals surface area contributed by atoms with E-state index in [0.29, 0.717) is 12.5 Å². The Morgan fingerprint density at radius 2 is 2.00 bits per heavy atom. The molecule has 1 atom stereocenters. The van der Waals surface area contributed by atoms with Crippen LogP contribution in [-0.2, 0) is 4.79 Å². The van der Waals surface area contributed by atoms with Crippen molar-refractivity contribution in [2.75, 3.05) is 20.6 Å². The van der Waals surface area contributed by atoms with Crippen LogP contribution in [0.25, 0.3) is 0 Å². The van der Waals surface area contributed by atoms with E-state index in [1.54, 1.807) is 0 Å². The van der Waals surface area contributed by atoms with Crippen molar-refractivity contribution in [1.82, 2.24) is 10.2 Å². The first-order chi connectivity index (χ1) is 7.80. The summed E-state index contributed by atoms with van der Waals surface area (Å²) >= 11 is 0. The number of nitrogens with one attached hydrogen (secondary N) is 1. The van der Waals surface area contributed by atoms with Crippen molar-refractivity contribution in [3.8, 4) is 0 Å². The summed E-state index contributed by atoms with van der Waals surface area (Å²) in [5, 5.41) is 3.19. The number of nitrogens with zero attached hydrogens (tertiary/aromatic N) is 1. The number of hydrogen-bond donors (Lipinski definition) is 2. The number of rotatable bonds is 7. The zero-order chi connectivity index (χ0) is 13.3. The average Bonchev–Trinajstić information content (AvgIpc) is 3.09. The van der Waals surface area contributed by atoms with Gasteiger partial charge in [-0.2, -0.15) is 0 Å². The smallest absolute Gasteiger partial charge is 0.239 e. The van der Waals surface area contributed by atoms with Gasteiger partial charge in [-0.15, -0.1) is 0 Å². The van der Waals surface area contributed by atoms with Gasteiger partial charge in [0.25, 0.3) is 0 Å². The first kappa shape index (κ1) is 14.5. The van der Waals surface area contributed by atoms with Gasteiger partial charge in [-0.1, -0.05) is 6.92 Å². The molecule has 1 amide bonds. The lowest BCUT2D eigenvalue weighted by atomic mass is 9.89. The van der Waals surface area contributed by atoms with E-state index in [0.717, 1.165) is 19.3 Å². The predicted molar refractivity (Wildman–Crippen MR) is 70.7 cm³/mol. The number of carbonyl (C=O) groups excluding carboxylic acids is 1. The Morgan fingerprint density at radius 1 is 1.47 bits per heavy atom. The second kappa shape index (κ2) is 4.94. The van der Waals surface area contributed by atoms with Crippen LogP contribution in [0.15, 0.2) is 0 Å². The summed E-state index contributed by atoms with van der Waals surface area (Å²) in [6.45, 7) is 7.24. The molecule has 1 unspecified atom stereocenters. The number of nitrogens with two attached hydrogens (primary N) is 1. The van der Waals surface area contributed by atoms with Crippen LogP contribution in [0, 0.1) is 5.92 Å². The molecule has 0 spiro atoms. The van der Waals surface area contributed by atoms with Gasteiger partial charge >= 0.3 is 0 Å². The highest BCUT2D eigenvalue weighted by Crippen LogP contribution is 2.40. The van der Waals surface area contributed by atoms with Crippen molar-refractivity contribution in [3.63, 3.8) is 0 Å². The van der Waals surface area contributed by atoms with E-state index in [4.69, 9.17) is 5.73 Å². The van der Waals surface area contributed by atoms with E-state index in [1.165, 1.54) is 0 Å². The fourth-order valence-electron chi connectivity index (χ4n) is 2.25. The molecular weight excluding hydrogens is 214 g/mol. The average molecular weight is 241 g/mol. The maximum Gasteiger partial charge on any atom is 0.239 e. The van der Waals surface area contributed by atoms with Crippen LogP contribution in [-0.4, -0.2) is 42.5 Å². The van der Waals surface area contributed by atoms with Crippen LogP contribution in [0.3, 0.4) is 0 Å². The standard InChI is InChI=1S/C13H27N3O/c1-6-12(2,3)16(5)9-13(15-4,11(14)17)10-7-8-10/h10,15H,6-9H2,1-5H3,(H2,14,17). The third-order valence-corrected chi connectivity index (χ3v) is 4.55. The molecule has 0 aromatic heterocycles. The van der Waals surface area contributed by atoms with Crippen LogP contribution < -0.4 is 11.1 Å². The molecule has 1 aliphatic carbocycles. The van der Waals surface area contributed by atoms with Crippen molar-refractivity contribution >= 4 is 5.91 Å². The molecule has 100 valence electrons. The fraction of sp³-hybridized carbons (Fsp3) is 0.923. The van der Waals surface area contributed by atoms with Crippen molar-refractivity contribution in [2.24, 2.45) is 11.7 Å². The lowest BCUT2D eigenvalue weighted by Crippen LogP contribution is -2.63. The van der Waals surface area contributed by atoms with Crippen molar-refractivity contribution in [1.29, 1.82) is 0 Å². The number of likely N-dealkylation sites (N-methyl/N-ethyl adjacent to an activating group) is 2. The highest BCUT2D eigenvalue weighted by atomic mass is 16.1. The summed E-state index contributed by atoms with van der Waals surface area (Å²) in [5.74, 6) is 0.182. The van der Waals surface area contributed by atoms with Crippen molar-refractivity contribution in [2.45, 2.75) is 51.1 Å². The van der Waals surface area contributed by atoms with Crippen LogP contribution in [0.4, 0.5) is 0 Å². The molecule has 0 radical (unpaired) electrons. The molecule has 0 saturated heterocycles. The Kier molecular flexibility index (Phi) is 4.20. The monoisotopic (exact) mass is 241 g/mol. The molecule has 0 aliphatic heterocycles. The summed E-state index contributed by atoms with van der Waals surface area (Å²) in [7, 11) is 3.91. The minimum atomic E-state index is -0.554. The summed E-state index contributed by atoms with van der Waals surface area (Å²) in [4.78, 5) is 14.1. The van der Waals surface area contributed by atoms with Gasteiger partial charge in [0.15, 0.2) is 0 Å². The Labute approximate surface area is 105 Å². The molecular formula is C13H27N3O. The predicted octanol–water partition coefficient (Wildman–Crippen LogP) is 0.960. The number of primary amides is 1. The van der Waals surface area contributed by atoms with Gasteiger partial charge in [-0.25, -0.2) is 0 Å². The zero-order valence-corrected chi connectivity index (χ0v) is 11.8. The minimum absolute atomic E-state index is 0.0897. The highest BCUT2D eigenvalue weighted by Gasteiger charge is 2.50. The Bertz CT molecular complexity index is 286. The number of hydrogen-bond acceptors (Lipinski definition) is 3. The molecule has 1 aliphatic rings. The molecule has 3 N–H and O–H groups in total. The largest absolute Gasteiger partial charge is 0.368 e. The molecule has 4 heteroatoms. The van der Waals surface area contributed by atoms with Crippen LogP contribution in [0.2, 0.25) is 0 Å². The number of carbonyl (C=O) groups is 1. The van der Waals surface area contributed by atoms with Crippen LogP contribution in [0.5, 0.6) is 0 Å². The molecule has 0 bridgehead atoms. The molecule has 1 saturated carbocycles. The summed E-state index contributed by atoms with van der Waals surface area (Å²) in [6, 6.07) is 0. The van der Waals surface area contributed by atoms with E-state index in [-0.39, 0.29) is 11.4 Å². The molecule has 0 aromatic carbocycles. The second-order valence-electron chi connectivity index (χ2n) is 5.88. The lowest BCUT2D eigenvalue weighted by molar-refractivity contribution is -0.126. The highest BCUT2D eigenvalue weighted by molar-refractivity contribution is 5.86. The van der Waals surface area contributed by atoms with Gasteiger partial charge in [-0.3, -0.25) is 9.69 Å². The van der Waals surface area contributed by atoms with E-state index >= 15 is 0 Å². The molecule has 0 aromatic rings. The maximum absolute atomic E-state index is 11.8. The van der Waals surface area contributed by atoms with E-state index in [1.807, 2.05) is 7.05 Å². The first-order valence-corrected chi connectivity index (χ1v) is 6.50. The van der Waals surface area contributed by atoms with Crippen molar-refractivity contribution in [3.05, 3.63) is 0 Å². The van der Waals surface area contributed by atoms with Gasteiger partial charge in [0.1, 0.15) is 5.54 Å². The van der Waals surface area contributed by atoms with E-state index < -0.39 is 5.54 Å². The quantitative estimate of drug-likeness (QED) is 0.698. The van der Waals surface area contributed by atoms with Crippen molar-refractivity contribution < 1.29 is 4.79 Å².